The topological polar surface area (TPSA) is 57.2 Å². The zero-order valence-electron chi connectivity index (χ0n) is 15.6. The lowest BCUT2D eigenvalue weighted by molar-refractivity contribution is -0.0626. The summed E-state index contributed by atoms with van der Waals surface area (Å²) in [4.78, 5) is 14.4. The molecule has 1 amide bonds. The smallest absolute Gasteiger partial charge is 0.412 e. The summed E-state index contributed by atoms with van der Waals surface area (Å²) in [7, 11) is 0. The number of carbonyl (C=O) groups is 1. The minimum Gasteiger partial charge on any atom is -0.454 e. The summed E-state index contributed by atoms with van der Waals surface area (Å²) in [6, 6.07) is 5.95. The first kappa shape index (κ1) is 17.9. The van der Waals surface area contributed by atoms with Crippen molar-refractivity contribution in [3.8, 4) is 11.5 Å². The van der Waals surface area contributed by atoms with E-state index in [1.54, 1.807) is 4.90 Å². The number of carbonyl (C=O) groups excluding carboxylic acids is 1. The molecular formula is C19H27NO5. The summed E-state index contributed by atoms with van der Waals surface area (Å²) in [5.41, 5.74) is -0.0439. The maximum atomic E-state index is 12.6. The highest BCUT2D eigenvalue weighted by molar-refractivity contribution is 5.69. The molecule has 138 valence electrons. The van der Waals surface area contributed by atoms with Crippen molar-refractivity contribution >= 4 is 6.09 Å². The predicted octanol–water partition coefficient (Wildman–Crippen LogP) is 3.72. The number of nitrogens with zero attached hydrogens (tertiary/aromatic N) is 1. The molecule has 1 saturated heterocycles. The van der Waals surface area contributed by atoms with Gasteiger partial charge < -0.3 is 18.9 Å². The second-order valence-electron chi connectivity index (χ2n) is 7.99. The molecule has 6 heteroatoms. The molecule has 25 heavy (non-hydrogen) atoms. The molecule has 0 saturated carbocycles. The Morgan fingerprint density at radius 1 is 1.28 bits per heavy atom. The minimum atomic E-state index is -0.665. The molecule has 2 aliphatic heterocycles. The van der Waals surface area contributed by atoms with Crippen LogP contribution in [0.25, 0.3) is 0 Å². The van der Waals surface area contributed by atoms with Crippen molar-refractivity contribution in [2.45, 2.75) is 64.8 Å². The van der Waals surface area contributed by atoms with Gasteiger partial charge >= 0.3 is 6.09 Å². The van der Waals surface area contributed by atoms with Crippen LogP contribution in [0.4, 0.5) is 4.79 Å². The minimum absolute atomic E-state index is 0.0183. The van der Waals surface area contributed by atoms with E-state index in [1.165, 1.54) is 0 Å². The number of amides is 1. The molecule has 2 heterocycles. The van der Waals surface area contributed by atoms with E-state index in [0.717, 1.165) is 29.9 Å². The SMILES string of the molecule is CC(C)(C)OC(=O)N1[C@@H](CCc2ccc3c(c2)OCO3)COC1(C)C. The third-order valence-corrected chi connectivity index (χ3v) is 4.37. The summed E-state index contributed by atoms with van der Waals surface area (Å²) < 4.78 is 22.2. The van der Waals surface area contributed by atoms with Gasteiger partial charge in [0, 0.05) is 0 Å². The molecule has 1 aromatic carbocycles. The summed E-state index contributed by atoms with van der Waals surface area (Å²) in [6.45, 7) is 10.2. The fourth-order valence-electron chi connectivity index (χ4n) is 3.21. The molecule has 6 nitrogen and oxygen atoms in total. The van der Waals surface area contributed by atoms with Crippen LogP contribution >= 0.6 is 0 Å². The van der Waals surface area contributed by atoms with Gasteiger partial charge in [-0.2, -0.15) is 0 Å². The highest BCUT2D eigenvalue weighted by atomic mass is 16.7. The summed E-state index contributed by atoms with van der Waals surface area (Å²) in [6.07, 6.45) is 1.29. The van der Waals surface area contributed by atoms with Gasteiger partial charge in [0.2, 0.25) is 6.79 Å². The Morgan fingerprint density at radius 2 is 2.00 bits per heavy atom. The number of fused-ring (bicyclic) bond motifs is 1. The van der Waals surface area contributed by atoms with Gasteiger partial charge in [-0.3, -0.25) is 4.90 Å². The van der Waals surface area contributed by atoms with Crippen molar-refractivity contribution in [2.24, 2.45) is 0 Å². The van der Waals surface area contributed by atoms with E-state index in [9.17, 15) is 4.79 Å². The summed E-state index contributed by atoms with van der Waals surface area (Å²) >= 11 is 0. The molecular weight excluding hydrogens is 322 g/mol. The van der Waals surface area contributed by atoms with E-state index in [2.05, 4.69) is 0 Å². The van der Waals surface area contributed by atoms with E-state index in [4.69, 9.17) is 18.9 Å². The van der Waals surface area contributed by atoms with Crippen LogP contribution in [0.15, 0.2) is 18.2 Å². The van der Waals surface area contributed by atoms with E-state index >= 15 is 0 Å². The molecule has 0 bridgehead atoms. The van der Waals surface area contributed by atoms with Crippen LogP contribution in [0.3, 0.4) is 0 Å². The fraction of sp³-hybridized carbons (Fsp3) is 0.632. The molecule has 0 aromatic heterocycles. The maximum Gasteiger partial charge on any atom is 0.412 e. The third-order valence-electron chi connectivity index (χ3n) is 4.37. The molecule has 0 spiro atoms. The highest BCUT2D eigenvalue weighted by Crippen LogP contribution is 2.34. The second kappa shape index (κ2) is 6.41. The Morgan fingerprint density at radius 3 is 2.72 bits per heavy atom. The monoisotopic (exact) mass is 349 g/mol. The second-order valence-corrected chi connectivity index (χ2v) is 7.99. The van der Waals surface area contributed by atoms with Crippen LogP contribution in [0.5, 0.6) is 11.5 Å². The Hall–Kier alpha value is -1.95. The first-order chi connectivity index (χ1) is 11.7. The quantitative estimate of drug-likeness (QED) is 0.832. The molecule has 1 fully saturated rings. The Balaban J connectivity index is 1.67. The van der Waals surface area contributed by atoms with Crippen molar-refractivity contribution in [1.29, 1.82) is 0 Å². The van der Waals surface area contributed by atoms with Gasteiger partial charge in [-0.15, -0.1) is 0 Å². The zero-order valence-corrected chi connectivity index (χ0v) is 15.6. The van der Waals surface area contributed by atoms with Gasteiger partial charge in [0.05, 0.1) is 12.6 Å². The van der Waals surface area contributed by atoms with E-state index in [0.29, 0.717) is 6.61 Å². The van der Waals surface area contributed by atoms with Crippen molar-refractivity contribution in [2.75, 3.05) is 13.4 Å². The van der Waals surface area contributed by atoms with Gasteiger partial charge in [0.25, 0.3) is 0 Å². The van der Waals surface area contributed by atoms with Crippen molar-refractivity contribution < 1.29 is 23.7 Å². The third kappa shape index (κ3) is 4.00. The number of ether oxygens (including phenoxy) is 4. The lowest BCUT2D eigenvalue weighted by atomic mass is 10.0. The molecule has 0 unspecified atom stereocenters. The molecule has 0 N–H and O–H groups in total. The number of benzene rings is 1. The van der Waals surface area contributed by atoms with Crippen LogP contribution in [0.1, 0.15) is 46.6 Å². The van der Waals surface area contributed by atoms with Gasteiger partial charge in [-0.25, -0.2) is 4.79 Å². The Labute approximate surface area is 149 Å². The average molecular weight is 349 g/mol. The lowest BCUT2D eigenvalue weighted by Gasteiger charge is -2.35. The Bertz CT molecular complexity index is 650. The molecule has 0 aliphatic carbocycles. The summed E-state index contributed by atoms with van der Waals surface area (Å²) in [5, 5.41) is 0. The van der Waals surface area contributed by atoms with Crippen molar-refractivity contribution in [1.82, 2.24) is 4.90 Å². The first-order valence-electron chi connectivity index (χ1n) is 8.70. The number of hydrogen-bond donors (Lipinski definition) is 0. The average Bonchev–Trinajstić information content (AvgIpc) is 3.06. The van der Waals surface area contributed by atoms with Gasteiger partial charge in [-0.05, 0) is 65.2 Å². The van der Waals surface area contributed by atoms with Crippen LogP contribution < -0.4 is 9.47 Å². The zero-order chi connectivity index (χ0) is 18.2. The standard InChI is InChI=1S/C19H27NO5/c1-18(2,3)25-17(21)20-14(11-24-19(20,4)5)8-6-13-7-9-15-16(10-13)23-12-22-15/h7,9-10,14H,6,8,11-12H2,1-5H3/t14-/m0/s1. The summed E-state index contributed by atoms with van der Waals surface area (Å²) in [5.74, 6) is 1.56. The van der Waals surface area contributed by atoms with Gasteiger partial charge in [0.1, 0.15) is 11.3 Å². The predicted molar refractivity (Wildman–Crippen MR) is 92.8 cm³/mol. The van der Waals surface area contributed by atoms with Gasteiger partial charge in [0.15, 0.2) is 11.5 Å². The van der Waals surface area contributed by atoms with Crippen LogP contribution in [-0.2, 0) is 15.9 Å². The first-order valence-corrected chi connectivity index (χ1v) is 8.70. The molecule has 1 atom stereocenters. The number of rotatable bonds is 3. The van der Waals surface area contributed by atoms with Crippen molar-refractivity contribution in [3.63, 3.8) is 0 Å². The highest BCUT2D eigenvalue weighted by Gasteiger charge is 2.45. The van der Waals surface area contributed by atoms with Crippen LogP contribution in [0, 0.1) is 0 Å². The van der Waals surface area contributed by atoms with E-state index in [1.807, 2.05) is 52.8 Å². The fourth-order valence-corrected chi connectivity index (χ4v) is 3.21. The maximum absolute atomic E-state index is 12.6. The molecule has 3 rings (SSSR count). The van der Waals surface area contributed by atoms with Gasteiger partial charge in [-0.1, -0.05) is 6.07 Å². The molecule has 0 radical (unpaired) electrons. The number of aryl methyl sites for hydroxylation is 1. The lowest BCUT2D eigenvalue weighted by Crippen LogP contribution is -2.49. The van der Waals surface area contributed by atoms with Crippen molar-refractivity contribution in [3.05, 3.63) is 23.8 Å². The molecule has 2 aliphatic rings. The van der Waals surface area contributed by atoms with Crippen LogP contribution in [0.2, 0.25) is 0 Å². The Kier molecular flexibility index (Phi) is 4.58. The molecule has 1 aromatic rings. The largest absolute Gasteiger partial charge is 0.454 e. The van der Waals surface area contributed by atoms with E-state index in [-0.39, 0.29) is 18.9 Å². The number of hydrogen-bond acceptors (Lipinski definition) is 5. The normalized spacial score (nSPS) is 21.5. The van der Waals surface area contributed by atoms with Crippen LogP contribution in [-0.4, -0.2) is 41.8 Å². The van der Waals surface area contributed by atoms with E-state index < -0.39 is 11.3 Å².